The Labute approximate surface area is 313 Å². The third kappa shape index (κ3) is 6.65. The monoisotopic (exact) mass is 680 g/mol. The number of rotatable bonds is 3. The van der Waals surface area contributed by atoms with Gasteiger partial charge in [0.05, 0.1) is 0 Å². The molecule has 0 saturated carbocycles. The molecule has 10 rings (SSSR count). The fourth-order valence-corrected chi connectivity index (χ4v) is 7.97. The summed E-state index contributed by atoms with van der Waals surface area (Å²) in [7, 11) is 0. The van der Waals surface area contributed by atoms with Gasteiger partial charge in [-0.15, -0.1) is 0 Å². The van der Waals surface area contributed by atoms with Gasteiger partial charge < -0.3 is 0 Å². The van der Waals surface area contributed by atoms with Crippen LogP contribution >= 0.6 is 0 Å². The van der Waals surface area contributed by atoms with Crippen molar-refractivity contribution in [3.8, 4) is 33.4 Å². The molecule has 0 fully saturated rings. The van der Waals surface area contributed by atoms with E-state index in [-0.39, 0.29) is 0 Å². The number of fused-ring (bicyclic) bond motifs is 5. The van der Waals surface area contributed by atoms with Crippen LogP contribution in [0, 0.1) is 6.92 Å². The minimum absolute atomic E-state index is 1.16. The zero-order valence-electron chi connectivity index (χ0n) is 30.8. The molecular weight excluding hydrogens is 637 g/mol. The number of allylic oxidation sites excluding steroid dienone is 1. The van der Waals surface area contributed by atoms with Crippen molar-refractivity contribution in [1.82, 2.24) is 0 Å². The molecule has 1 aliphatic rings. The van der Waals surface area contributed by atoms with E-state index >= 15 is 0 Å². The molecule has 0 atom stereocenters. The lowest BCUT2D eigenvalue weighted by Gasteiger charge is -2.18. The Morgan fingerprint density at radius 1 is 0.396 bits per heavy atom. The lowest BCUT2D eigenvalue weighted by atomic mass is 9.85. The Bertz CT molecular complexity index is 2700. The molecule has 0 bridgehead atoms. The van der Waals surface area contributed by atoms with Gasteiger partial charge in [-0.25, -0.2) is 0 Å². The van der Waals surface area contributed by atoms with Gasteiger partial charge in [-0.3, -0.25) is 0 Å². The summed E-state index contributed by atoms with van der Waals surface area (Å²) in [5.41, 5.74) is 12.0. The smallest absolute Gasteiger partial charge is 0.00262 e. The van der Waals surface area contributed by atoms with Crippen molar-refractivity contribution in [2.45, 2.75) is 33.6 Å². The van der Waals surface area contributed by atoms with Crippen molar-refractivity contribution in [3.05, 3.63) is 199 Å². The molecule has 1 aliphatic carbocycles. The molecule has 0 N–H and O–H groups in total. The van der Waals surface area contributed by atoms with Gasteiger partial charge in [0.15, 0.2) is 0 Å². The maximum absolute atomic E-state index is 2.33. The average molecular weight is 681 g/mol. The summed E-state index contributed by atoms with van der Waals surface area (Å²) in [6.45, 7) is 6.16. The van der Waals surface area contributed by atoms with Crippen LogP contribution in [-0.2, 0) is 6.42 Å². The third-order valence-corrected chi connectivity index (χ3v) is 10.4. The van der Waals surface area contributed by atoms with E-state index in [0.29, 0.717) is 0 Å². The zero-order valence-corrected chi connectivity index (χ0v) is 30.8. The summed E-state index contributed by atoms with van der Waals surface area (Å²) in [5.74, 6) is 0. The van der Waals surface area contributed by atoms with E-state index < -0.39 is 0 Å². The molecule has 0 spiro atoms. The van der Waals surface area contributed by atoms with Gasteiger partial charge in [0, 0.05) is 0 Å². The summed E-state index contributed by atoms with van der Waals surface area (Å²) in [4.78, 5) is 0. The predicted molar refractivity (Wildman–Crippen MR) is 233 cm³/mol. The standard InChI is InChI=1S/C31H22.C20H16.C2H6/c1-21-9-8-12-24(19-21)30-26-13-4-6-15-28(26)31(29-16-7-5-14-27(29)30)25-18-17-22-10-2-3-11-23(22)20-25;1-2-8-17-14-18(13-12-15(17)6-1)20-11-5-9-16-7-3-4-10-19(16)20;1-2/h2-20H,1H3;1-2,4-6,8-14H,3,7H2;1-2H3. The van der Waals surface area contributed by atoms with Gasteiger partial charge in [0.2, 0.25) is 0 Å². The van der Waals surface area contributed by atoms with E-state index in [4.69, 9.17) is 0 Å². The number of hydrogen-bond donors (Lipinski definition) is 0. The van der Waals surface area contributed by atoms with Crippen LogP contribution in [0.5, 0.6) is 0 Å². The Morgan fingerprint density at radius 2 is 0.887 bits per heavy atom. The van der Waals surface area contributed by atoms with Crippen LogP contribution in [0.25, 0.3) is 82.5 Å². The minimum atomic E-state index is 1.16. The Balaban J connectivity index is 0.000000157. The van der Waals surface area contributed by atoms with Crippen LogP contribution in [0.4, 0.5) is 0 Å². The number of aryl methyl sites for hydroxylation is 2. The van der Waals surface area contributed by atoms with Gasteiger partial charge in [-0.05, 0) is 119 Å². The lowest BCUT2D eigenvalue weighted by Crippen LogP contribution is -1.96. The van der Waals surface area contributed by atoms with Crippen LogP contribution < -0.4 is 0 Å². The largest absolute Gasteiger partial charge is 0.0836 e. The summed E-state index contributed by atoms with van der Waals surface area (Å²) < 4.78 is 0. The first-order chi connectivity index (χ1) is 26.2. The van der Waals surface area contributed by atoms with Crippen LogP contribution in [0.2, 0.25) is 0 Å². The normalized spacial score (nSPS) is 11.8. The summed E-state index contributed by atoms with van der Waals surface area (Å²) in [5, 5.41) is 10.4. The number of hydrogen-bond acceptors (Lipinski definition) is 0. The molecule has 53 heavy (non-hydrogen) atoms. The quantitative estimate of drug-likeness (QED) is 0.163. The first-order valence-corrected chi connectivity index (χ1v) is 19.0. The maximum atomic E-state index is 2.33. The Hall–Kier alpha value is -6.24. The van der Waals surface area contributed by atoms with Crippen molar-refractivity contribution >= 4 is 49.2 Å². The van der Waals surface area contributed by atoms with E-state index in [1.165, 1.54) is 93.2 Å². The molecule has 0 heteroatoms. The van der Waals surface area contributed by atoms with E-state index in [9.17, 15) is 0 Å². The SMILES string of the molecule is C1=Cc2c(cccc2-c2ccc3ccccc3c2)CC1.CC.Cc1cccc(-c2c3ccccc3c(-c3ccc4ccccc4c3)c3ccccc23)c1. The molecule has 9 aromatic rings. The van der Waals surface area contributed by atoms with Crippen molar-refractivity contribution < 1.29 is 0 Å². The molecule has 256 valence electrons. The van der Waals surface area contributed by atoms with Gasteiger partial charge in [-0.1, -0.05) is 195 Å². The summed E-state index contributed by atoms with van der Waals surface area (Å²) >= 11 is 0. The second kappa shape index (κ2) is 15.2. The molecule has 0 saturated heterocycles. The van der Waals surface area contributed by atoms with E-state index in [1.807, 2.05) is 13.8 Å². The average Bonchev–Trinajstić information content (AvgIpc) is 3.23. The molecule has 9 aromatic carbocycles. The highest BCUT2D eigenvalue weighted by Crippen LogP contribution is 2.44. The minimum Gasteiger partial charge on any atom is -0.0836 e. The second-order valence-electron chi connectivity index (χ2n) is 13.7. The van der Waals surface area contributed by atoms with E-state index in [0.717, 1.165) is 12.8 Å². The molecule has 0 unspecified atom stereocenters. The fraction of sp³-hybridized carbons (Fsp3) is 0.0943. The van der Waals surface area contributed by atoms with Crippen molar-refractivity contribution in [2.24, 2.45) is 0 Å². The highest BCUT2D eigenvalue weighted by Gasteiger charge is 2.17. The molecular formula is C53H44. The lowest BCUT2D eigenvalue weighted by molar-refractivity contribution is 0.986. The highest BCUT2D eigenvalue weighted by molar-refractivity contribution is 6.21. The molecule has 0 aliphatic heterocycles. The van der Waals surface area contributed by atoms with Gasteiger partial charge >= 0.3 is 0 Å². The zero-order chi connectivity index (χ0) is 36.1. The topological polar surface area (TPSA) is 0 Å². The predicted octanol–water partition coefficient (Wildman–Crippen LogP) is 15.3. The van der Waals surface area contributed by atoms with Gasteiger partial charge in [0.25, 0.3) is 0 Å². The number of benzene rings is 9. The van der Waals surface area contributed by atoms with Crippen LogP contribution in [0.15, 0.2) is 182 Å². The summed E-state index contributed by atoms with van der Waals surface area (Å²) in [6.07, 6.45) is 6.89. The van der Waals surface area contributed by atoms with Crippen molar-refractivity contribution in [2.75, 3.05) is 0 Å². The van der Waals surface area contributed by atoms with Gasteiger partial charge in [-0.2, -0.15) is 0 Å². The molecule has 0 heterocycles. The molecule has 0 aromatic heterocycles. The van der Waals surface area contributed by atoms with Crippen LogP contribution in [0.3, 0.4) is 0 Å². The van der Waals surface area contributed by atoms with Crippen molar-refractivity contribution in [1.29, 1.82) is 0 Å². The maximum Gasteiger partial charge on any atom is -0.00262 e. The second-order valence-corrected chi connectivity index (χ2v) is 13.7. The van der Waals surface area contributed by atoms with E-state index in [2.05, 4.69) is 195 Å². The Kier molecular flexibility index (Phi) is 9.69. The first-order valence-electron chi connectivity index (χ1n) is 19.0. The Morgan fingerprint density at radius 3 is 1.47 bits per heavy atom. The molecule has 0 amide bonds. The van der Waals surface area contributed by atoms with E-state index in [1.54, 1.807) is 0 Å². The molecule has 0 radical (unpaired) electrons. The van der Waals surface area contributed by atoms with Crippen LogP contribution in [0.1, 0.15) is 37.0 Å². The van der Waals surface area contributed by atoms with Gasteiger partial charge in [0.1, 0.15) is 0 Å². The fourth-order valence-electron chi connectivity index (χ4n) is 7.97. The highest BCUT2D eigenvalue weighted by atomic mass is 14.2. The molecule has 0 nitrogen and oxygen atoms in total. The van der Waals surface area contributed by atoms with Crippen molar-refractivity contribution in [3.63, 3.8) is 0 Å². The summed E-state index contributed by atoms with van der Waals surface area (Å²) in [6, 6.07) is 63.9. The van der Waals surface area contributed by atoms with Crippen LogP contribution in [-0.4, -0.2) is 0 Å². The third-order valence-electron chi connectivity index (χ3n) is 10.4. The first kappa shape index (κ1) is 33.9.